The molecule has 5 N–H and O–H groups in total. The Morgan fingerprint density at radius 2 is 1.94 bits per heavy atom. The summed E-state index contributed by atoms with van der Waals surface area (Å²) in [5, 5.41) is 2.28. The number of ether oxygens (including phenoxy) is 1. The number of hydrogen-bond acceptors (Lipinski definition) is 4. The fourth-order valence-corrected chi connectivity index (χ4v) is 1.23. The molecule has 0 aromatic heterocycles. The van der Waals surface area contributed by atoms with Crippen LogP contribution in [-0.4, -0.2) is 24.1 Å². The van der Waals surface area contributed by atoms with E-state index in [0.717, 1.165) is 5.56 Å². The van der Waals surface area contributed by atoms with Gasteiger partial charge in [-0.05, 0) is 12.5 Å². The number of benzene rings is 1. The SMILES string of the molecule is C[C@@](N)(CNC(N)=O)C(=O)OCc1ccccc1. The molecule has 1 aromatic rings. The summed E-state index contributed by atoms with van der Waals surface area (Å²) >= 11 is 0. The van der Waals surface area contributed by atoms with E-state index >= 15 is 0 Å². The van der Waals surface area contributed by atoms with Gasteiger partial charge in [-0.3, -0.25) is 0 Å². The van der Waals surface area contributed by atoms with Crippen LogP contribution in [0.2, 0.25) is 0 Å². The van der Waals surface area contributed by atoms with Crippen molar-refractivity contribution in [2.45, 2.75) is 19.1 Å². The topological polar surface area (TPSA) is 107 Å². The quantitative estimate of drug-likeness (QED) is 0.646. The molecule has 0 bridgehead atoms. The Labute approximate surface area is 105 Å². The average molecular weight is 251 g/mol. The van der Waals surface area contributed by atoms with Gasteiger partial charge < -0.3 is 21.5 Å². The van der Waals surface area contributed by atoms with Gasteiger partial charge in [0.25, 0.3) is 0 Å². The molecule has 18 heavy (non-hydrogen) atoms. The number of carbonyl (C=O) groups excluding carboxylic acids is 2. The van der Waals surface area contributed by atoms with Gasteiger partial charge in [0.05, 0.1) is 0 Å². The molecule has 0 spiro atoms. The number of esters is 1. The van der Waals surface area contributed by atoms with Crippen LogP contribution in [0.25, 0.3) is 0 Å². The molecule has 0 heterocycles. The molecule has 0 saturated heterocycles. The van der Waals surface area contributed by atoms with E-state index < -0.39 is 17.5 Å². The van der Waals surface area contributed by atoms with Gasteiger partial charge in [0, 0.05) is 6.54 Å². The Kier molecular flexibility index (Phi) is 4.67. The van der Waals surface area contributed by atoms with Gasteiger partial charge in [-0.25, -0.2) is 9.59 Å². The fraction of sp³-hybridized carbons (Fsp3) is 0.333. The third-order valence-corrected chi connectivity index (χ3v) is 2.31. The lowest BCUT2D eigenvalue weighted by Crippen LogP contribution is -2.55. The van der Waals surface area contributed by atoms with Gasteiger partial charge in [0.1, 0.15) is 12.1 Å². The minimum absolute atomic E-state index is 0.0735. The maximum atomic E-state index is 11.7. The summed E-state index contributed by atoms with van der Waals surface area (Å²) in [6, 6.07) is 8.50. The summed E-state index contributed by atoms with van der Waals surface area (Å²) in [6.45, 7) is 1.54. The van der Waals surface area contributed by atoms with Crippen LogP contribution in [0.4, 0.5) is 4.79 Å². The maximum Gasteiger partial charge on any atom is 0.328 e. The maximum absolute atomic E-state index is 11.7. The molecular formula is C12H17N3O3. The van der Waals surface area contributed by atoms with Crippen LogP contribution < -0.4 is 16.8 Å². The molecule has 6 heteroatoms. The van der Waals surface area contributed by atoms with Crippen molar-refractivity contribution in [1.29, 1.82) is 0 Å². The Balaban J connectivity index is 2.46. The molecule has 1 aromatic carbocycles. The average Bonchev–Trinajstić information content (AvgIpc) is 2.35. The first-order chi connectivity index (χ1) is 8.42. The molecule has 1 atom stereocenters. The smallest absolute Gasteiger partial charge is 0.328 e. The standard InChI is InChI=1S/C12H17N3O3/c1-12(14,8-15-11(13)17)10(16)18-7-9-5-3-2-4-6-9/h2-6H,7-8,14H2,1H3,(H3,13,15,17)/t12-/m1/s1. The van der Waals surface area contributed by atoms with E-state index in [-0.39, 0.29) is 13.2 Å². The lowest BCUT2D eigenvalue weighted by Gasteiger charge is -2.22. The van der Waals surface area contributed by atoms with Crippen molar-refractivity contribution in [2.24, 2.45) is 11.5 Å². The van der Waals surface area contributed by atoms with Crippen LogP contribution in [0.3, 0.4) is 0 Å². The third-order valence-electron chi connectivity index (χ3n) is 2.31. The van der Waals surface area contributed by atoms with E-state index in [9.17, 15) is 9.59 Å². The van der Waals surface area contributed by atoms with Gasteiger partial charge in [-0.2, -0.15) is 0 Å². The number of nitrogens with two attached hydrogens (primary N) is 2. The van der Waals surface area contributed by atoms with Crippen molar-refractivity contribution >= 4 is 12.0 Å². The molecule has 1 rings (SSSR count). The van der Waals surface area contributed by atoms with Crippen molar-refractivity contribution in [3.63, 3.8) is 0 Å². The first-order valence-electron chi connectivity index (χ1n) is 5.45. The largest absolute Gasteiger partial charge is 0.459 e. The van der Waals surface area contributed by atoms with Gasteiger partial charge in [-0.15, -0.1) is 0 Å². The van der Waals surface area contributed by atoms with Crippen LogP contribution in [-0.2, 0) is 16.1 Å². The van der Waals surface area contributed by atoms with Crippen LogP contribution in [0, 0.1) is 0 Å². The van der Waals surface area contributed by atoms with E-state index in [2.05, 4.69) is 5.32 Å². The minimum Gasteiger partial charge on any atom is -0.459 e. The molecule has 6 nitrogen and oxygen atoms in total. The summed E-state index contributed by atoms with van der Waals surface area (Å²) in [5.41, 5.74) is 10.2. The van der Waals surface area contributed by atoms with E-state index in [1.807, 2.05) is 30.3 Å². The Hall–Kier alpha value is -2.08. The van der Waals surface area contributed by atoms with Gasteiger partial charge >= 0.3 is 12.0 Å². The second kappa shape index (κ2) is 6.02. The van der Waals surface area contributed by atoms with Crippen molar-refractivity contribution in [3.8, 4) is 0 Å². The minimum atomic E-state index is -1.30. The highest BCUT2D eigenvalue weighted by Crippen LogP contribution is 2.06. The predicted octanol–water partition coefficient (Wildman–Crippen LogP) is 0.116. The molecule has 0 unspecified atom stereocenters. The molecular weight excluding hydrogens is 234 g/mol. The third kappa shape index (κ3) is 4.42. The number of amides is 2. The highest BCUT2D eigenvalue weighted by atomic mass is 16.5. The number of primary amides is 1. The number of urea groups is 1. The van der Waals surface area contributed by atoms with Crippen molar-refractivity contribution in [1.82, 2.24) is 5.32 Å². The molecule has 0 aliphatic carbocycles. The zero-order valence-electron chi connectivity index (χ0n) is 10.2. The second-order valence-corrected chi connectivity index (χ2v) is 4.20. The lowest BCUT2D eigenvalue weighted by molar-refractivity contribution is -0.150. The summed E-state index contributed by atoms with van der Waals surface area (Å²) in [7, 11) is 0. The first-order valence-corrected chi connectivity index (χ1v) is 5.45. The van der Waals surface area contributed by atoms with Crippen molar-refractivity contribution in [3.05, 3.63) is 35.9 Å². The molecule has 0 aliphatic heterocycles. The van der Waals surface area contributed by atoms with Crippen LogP contribution >= 0.6 is 0 Å². The van der Waals surface area contributed by atoms with Crippen LogP contribution in [0.5, 0.6) is 0 Å². The Morgan fingerprint density at radius 1 is 1.33 bits per heavy atom. The molecule has 0 radical (unpaired) electrons. The number of carbonyl (C=O) groups is 2. The summed E-state index contributed by atoms with van der Waals surface area (Å²) < 4.78 is 5.07. The summed E-state index contributed by atoms with van der Waals surface area (Å²) in [6.07, 6.45) is 0. The van der Waals surface area contributed by atoms with Gasteiger partial charge in [-0.1, -0.05) is 30.3 Å². The fourth-order valence-electron chi connectivity index (χ4n) is 1.23. The number of nitrogens with one attached hydrogen (secondary N) is 1. The van der Waals surface area contributed by atoms with Crippen LogP contribution in [0.1, 0.15) is 12.5 Å². The Bertz CT molecular complexity index is 418. The second-order valence-electron chi connectivity index (χ2n) is 4.20. The van der Waals surface area contributed by atoms with Crippen LogP contribution in [0.15, 0.2) is 30.3 Å². The molecule has 0 saturated carbocycles. The van der Waals surface area contributed by atoms with Crippen molar-refractivity contribution < 1.29 is 14.3 Å². The summed E-state index contributed by atoms with van der Waals surface area (Å²) in [4.78, 5) is 22.3. The first kappa shape index (κ1) is 14.0. The normalized spacial score (nSPS) is 13.4. The predicted molar refractivity (Wildman–Crippen MR) is 66.4 cm³/mol. The molecule has 2 amide bonds. The lowest BCUT2D eigenvalue weighted by atomic mass is 10.1. The van der Waals surface area contributed by atoms with Crippen molar-refractivity contribution in [2.75, 3.05) is 6.54 Å². The van der Waals surface area contributed by atoms with E-state index in [0.29, 0.717) is 0 Å². The molecule has 0 aliphatic rings. The molecule has 98 valence electrons. The zero-order valence-corrected chi connectivity index (χ0v) is 10.2. The monoisotopic (exact) mass is 251 g/mol. The van der Waals surface area contributed by atoms with E-state index in [4.69, 9.17) is 16.2 Å². The van der Waals surface area contributed by atoms with E-state index in [1.165, 1.54) is 6.92 Å². The number of rotatable bonds is 5. The zero-order chi connectivity index (χ0) is 13.6. The number of hydrogen-bond donors (Lipinski definition) is 3. The van der Waals surface area contributed by atoms with E-state index in [1.54, 1.807) is 0 Å². The molecule has 0 fully saturated rings. The highest BCUT2D eigenvalue weighted by molar-refractivity contribution is 5.81. The van der Waals surface area contributed by atoms with Gasteiger partial charge in [0.15, 0.2) is 0 Å². The van der Waals surface area contributed by atoms with Gasteiger partial charge in [0.2, 0.25) is 0 Å². The summed E-state index contributed by atoms with van der Waals surface area (Å²) in [5.74, 6) is -0.597. The highest BCUT2D eigenvalue weighted by Gasteiger charge is 2.30. The Morgan fingerprint density at radius 3 is 2.50 bits per heavy atom.